The Morgan fingerprint density at radius 3 is 2.42 bits per heavy atom. The van der Waals surface area contributed by atoms with Crippen molar-refractivity contribution in [3.05, 3.63) is 58.5 Å². The molecular formula is C18H18O5S. The Morgan fingerprint density at radius 1 is 1.12 bits per heavy atom. The zero-order valence-corrected chi connectivity index (χ0v) is 14.4. The number of fused-ring (bicyclic) bond motifs is 1. The highest BCUT2D eigenvalue weighted by molar-refractivity contribution is 7.95. The van der Waals surface area contributed by atoms with Crippen LogP contribution in [0.2, 0.25) is 0 Å². The molecule has 6 heteroatoms. The van der Waals surface area contributed by atoms with Crippen LogP contribution in [0.3, 0.4) is 0 Å². The van der Waals surface area contributed by atoms with Gasteiger partial charge in [0.15, 0.2) is 0 Å². The summed E-state index contributed by atoms with van der Waals surface area (Å²) in [5, 5.41) is 10.6. The lowest BCUT2D eigenvalue weighted by Crippen LogP contribution is -2.39. The van der Waals surface area contributed by atoms with E-state index in [1.165, 1.54) is 32.2 Å². The van der Waals surface area contributed by atoms with Crippen molar-refractivity contribution < 1.29 is 23.0 Å². The van der Waals surface area contributed by atoms with Gasteiger partial charge in [-0.25, -0.2) is 8.42 Å². The third-order valence-corrected chi connectivity index (χ3v) is 5.86. The summed E-state index contributed by atoms with van der Waals surface area (Å²) in [5.41, 5.74) is 1.51. The molecule has 0 saturated heterocycles. The van der Waals surface area contributed by atoms with Crippen LogP contribution in [0.4, 0.5) is 0 Å². The second kappa shape index (κ2) is 5.65. The first kappa shape index (κ1) is 16.5. The fraction of sp³-hybridized carbons (Fsp3) is 0.222. The van der Waals surface area contributed by atoms with E-state index in [4.69, 9.17) is 9.47 Å². The lowest BCUT2D eigenvalue weighted by molar-refractivity contribution is -0.0831. The predicted molar refractivity (Wildman–Crippen MR) is 90.6 cm³/mol. The fourth-order valence-electron chi connectivity index (χ4n) is 2.56. The monoisotopic (exact) mass is 346 g/mol. The molecule has 5 nitrogen and oxygen atoms in total. The lowest BCUT2D eigenvalue weighted by Gasteiger charge is -2.31. The molecule has 1 unspecified atom stereocenters. The van der Waals surface area contributed by atoms with Crippen LogP contribution in [0.5, 0.6) is 11.5 Å². The SMILES string of the molecule is COc1ccc2c(c1)OC(C)(O)C(S(=O)(=O)c1ccc(C)cc1)=C2. The normalized spacial score (nSPS) is 19.9. The molecule has 0 saturated carbocycles. The summed E-state index contributed by atoms with van der Waals surface area (Å²) < 4.78 is 36.5. The highest BCUT2D eigenvalue weighted by Gasteiger charge is 2.41. The average Bonchev–Trinajstić information content (AvgIpc) is 2.53. The number of hydrogen-bond donors (Lipinski definition) is 1. The van der Waals surface area contributed by atoms with Crippen molar-refractivity contribution in [2.75, 3.05) is 7.11 Å². The molecule has 2 aromatic rings. The van der Waals surface area contributed by atoms with Crippen molar-refractivity contribution >= 4 is 15.9 Å². The van der Waals surface area contributed by atoms with Crippen LogP contribution in [-0.2, 0) is 9.84 Å². The minimum atomic E-state index is -3.89. The van der Waals surface area contributed by atoms with Gasteiger partial charge in [0.05, 0.1) is 12.0 Å². The van der Waals surface area contributed by atoms with Crippen LogP contribution in [0.25, 0.3) is 6.08 Å². The largest absolute Gasteiger partial charge is 0.497 e. The smallest absolute Gasteiger partial charge is 0.243 e. The molecule has 0 spiro atoms. The highest BCUT2D eigenvalue weighted by atomic mass is 32.2. The Morgan fingerprint density at radius 2 is 1.79 bits per heavy atom. The van der Waals surface area contributed by atoms with Gasteiger partial charge in [-0.2, -0.15) is 0 Å². The molecule has 0 bridgehead atoms. The molecule has 1 N–H and O–H groups in total. The van der Waals surface area contributed by atoms with Crippen LogP contribution in [0, 0.1) is 6.92 Å². The number of aliphatic hydroxyl groups is 1. The Balaban J connectivity index is 2.14. The van der Waals surface area contributed by atoms with Gasteiger partial charge in [-0.05, 0) is 37.3 Å². The highest BCUT2D eigenvalue weighted by Crippen LogP contribution is 2.40. The molecule has 0 fully saturated rings. The van der Waals surface area contributed by atoms with Gasteiger partial charge < -0.3 is 14.6 Å². The molecule has 126 valence electrons. The van der Waals surface area contributed by atoms with Gasteiger partial charge in [-0.3, -0.25) is 0 Å². The van der Waals surface area contributed by atoms with E-state index in [2.05, 4.69) is 0 Å². The predicted octanol–water partition coefficient (Wildman–Crippen LogP) is 2.92. The van der Waals surface area contributed by atoms with Gasteiger partial charge in [0.25, 0.3) is 0 Å². The number of sulfone groups is 1. The quantitative estimate of drug-likeness (QED) is 0.925. The Kier molecular flexibility index (Phi) is 3.89. The first-order valence-electron chi connectivity index (χ1n) is 7.37. The van der Waals surface area contributed by atoms with Crippen LogP contribution in [0.1, 0.15) is 18.1 Å². The van der Waals surface area contributed by atoms with E-state index in [0.29, 0.717) is 17.1 Å². The van der Waals surface area contributed by atoms with E-state index in [1.807, 2.05) is 6.92 Å². The van der Waals surface area contributed by atoms with Crippen molar-refractivity contribution in [1.29, 1.82) is 0 Å². The van der Waals surface area contributed by atoms with Crippen LogP contribution in [0.15, 0.2) is 52.3 Å². The van der Waals surface area contributed by atoms with Gasteiger partial charge in [-0.15, -0.1) is 0 Å². The summed E-state index contributed by atoms with van der Waals surface area (Å²) in [6, 6.07) is 11.5. The molecular weight excluding hydrogens is 328 g/mol. The fourth-order valence-corrected chi connectivity index (χ4v) is 4.13. The molecule has 3 rings (SSSR count). The molecule has 0 radical (unpaired) electrons. The van der Waals surface area contributed by atoms with Gasteiger partial charge in [0.1, 0.15) is 16.4 Å². The number of aryl methyl sites for hydroxylation is 1. The second-order valence-corrected chi connectivity index (χ2v) is 7.73. The maximum absolute atomic E-state index is 12.9. The number of rotatable bonds is 3. The molecule has 0 aromatic heterocycles. The topological polar surface area (TPSA) is 72.8 Å². The first-order valence-corrected chi connectivity index (χ1v) is 8.86. The van der Waals surface area contributed by atoms with Gasteiger partial charge in [0, 0.05) is 18.6 Å². The van der Waals surface area contributed by atoms with Gasteiger partial charge >= 0.3 is 0 Å². The van der Waals surface area contributed by atoms with Crippen LogP contribution >= 0.6 is 0 Å². The Labute approximate surface area is 141 Å². The number of methoxy groups -OCH3 is 1. The van der Waals surface area contributed by atoms with E-state index in [-0.39, 0.29) is 9.80 Å². The molecule has 1 aliphatic rings. The first-order chi connectivity index (χ1) is 11.2. The molecule has 1 atom stereocenters. The summed E-state index contributed by atoms with van der Waals surface area (Å²) in [4.78, 5) is -0.0864. The molecule has 2 aromatic carbocycles. The molecule has 24 heavy (non-hydrogen) atoms. The van der Waals surface area contributed by atoms with E-state index >= 15 is 0 Å². The molecule has 1 heterocycles. The molecule has 1 aliphatic heterocycles. The molecule has 0 aliphatic carbocycles. The number of ether oxygens (including phenoxy) is 2. The third kappa shape index (κ3) is 2.79. The van der Waals surface area contributed by atoms with Crippen LogP contribution < -0.4 is 9.47 Å². The summed E-state index contributed by atoms with van der Waals surface area (Å²) in [7, 11) is -2.37. The van der Waals surface area contributed by atoms with E-state index in [1.54, 1.807) is 30.3 Å². The minimum Gasteiger partial charge on any atom is -0.497 e. The second-order valence-electron chi connectivity index (χ2n) is 5.81. The number of hydrogen-bond acceptors (Lipinski definition) is 5. The zero-order valence-electron chi connectivity index (χ0n) is 13.6. The molecule has 0 amide bonds. The third-order valence-electron chi connectivity index (χ3n) is 3.89. The van der Waals surface area contributed by atoms with Crippen molar-refractivity contribution in [2.24, 2.45) is 0 Å². The summed E-state index contributed by atoms with van der Waals surface area (Å²) >= 11 is 0. The van der Waals surface area contributed by atoms with E-state index < -0.39 is 15.6 Å². The summed E-state index contributed by atoms with van der Waals surface area (Å²) in [6.07, 6.45) is 1.44. The maximum atomic E-state index is 12.9. The van der Waals surface area contributed by atoms with Crippen molar-refractivity contribution in [3.63, 3.8) is 0 Å². The van der Waals surface area contributed by atoms with Crippen molar-refractivity contribution in [1.82, 2.24) is 0 Å². The van der Waals surface area contributed by atoms with Crippen molar-refractivity contribution in [3.8, 4) is 11.5 Å². The van der Waals surface area contributed by atoms with Gasteiger partial charge in [0.2, 0.25) is 15.6 Å². The Bertz CT molecular complexity index is 909. The standard InChI is InChI=1S/C18H18O5S/c1-12-4-8-15(9-5-12)24(20,21)17-10-13-6-7-14(22-3)11-16(13)23-18(17,2)19/h4-11,19H,1-3H3. The number of benzene rings is 2. The minimum absolute atomic E-state index is 0.111. The van der Waals surface area contributed by atoms with Gasteiger partial charge in [-0.1, -0.05) is 17.7 Å². The lowest BCUT2D eigenvalue weighted by atomic mass is 10.1. The summed E-state index contributed by atoms with van der Waals surface area (Å²) in [6.45, 7) is 3.19. The summed E-state index contributed by atoms with van der Waals surface area (Å²) in [5.74, 6) is -1.05. The Hall–Kier alpha value is -2.31. The van der Waals surface area contributed by atoms with E-state index in [9.17, 15) is 13.5 Å². The van der Waals surface area contributed by atoms with Crippen LogP contribution in [-0.4, -0.2) is 26.4 Å². The average molecular weight is 346 g/mol. The van der Waals surface area contributed by atoms with Crippen molar-refractivity contribution in [2.45, 2.75) is 24.5 Å². The maximum Gasteiger partial charge on any atom is 0.243 e. The zero-order chi connectivity index (χ0) is 17.5. The van der Waals surface area contributed by atoms with E-state index in [0.717, 1.165) is 5.56 Å².